The number of carbonyl (C=O) groups excluding carboxylic acids is 2. The van der Waals surface area contributed by atoms with Crippen LogP contribution >= 0.6 is 7.82 Å². The van der Waals surface area contributed by atoms with Crippen LogP contribution in [0.4, 0.5) is 0 Å². The number of carbonyl (C=O) groups is 2. The van der Waals surface area contributed by atoms with E-state index in [9.17, 15) is 39.3 Å². The number of methoxy groups -OCH3 is 2. The molecule has 0 bridgehead atoms. The first-order valence-corrected chi connectivity index (χ1v) is 29.9. The molecule has 2 saturated heterocycles. The van der Waals surface area contributed by atoms with Crippen LogP contribution in [0.5, 0.6) is 23.0 Å². The maximum atomic E-state index is 15.9. The number of aromatic amines is 2. The van der Waals surface area contributed by atoms with Crippen molar-refractivity contribution in [1.82, 2.24) is 19.1 Å². The van der Waals surface area contributed by atoms with Crippen LogP contribution in [0.25, 0.3) is 0 Å². The summed E-state index contributed by atoms with van der Waals surface area (Å²) in [6.45, 7) is -2.20. The number of rotatable bonds is 31. The average molecular weight is 1270 g/mol. The SMILES string of the molecule is COc1ccc(C(OC[C@H]2O[C@@H](n3ccc(=O)[nH]c3=O)[C@H](OC(C)OCCC#N)[C@@H]2OP(=O)(OCCC#N)OC[C@H]2O[C@@H](n3ccc(=O)[nH]c3=O)[C@H](OC(=O)COc3ccccc3)[C@@H]2OC(=O)COc2ccccc2)(c2ccccc2)c2ccc(OC)cc2)cc1. The van der Waals surface area contributed by atoms with Crippen molar-refractivity contribution in [2.24, 2.45) is 0 Å². The number of H-pyrrole nitrogens is 2. The smallest absolute Gasteiger partial charge is 0.475 e. The molecule has 0 radical (unpaired) electrons. The van der Waals surface area contributed by atoms with Crippen molar-refractivity contribution in [2.75, 3.05) is 53.9 Å². The van der Waals surface area contributed by atoms with Crippen LogP contribution in [0.2, 0.25) is 0 Å². The maximum Gasteiger partial charge on any atom is 0.475 e. The van der Waals surface area contributed by atoms with E-state index in [2.05, 4.69) is 9.97 Å². The Morgan fingerprint density at radius 3 is 1.53 bits per heavy atom. The molecule has 10 atom stereocenters. The fourth-order valence-electron chi connectivity index (χ4n) is 10.0. The molecule has 7 aromatic rings. The van der Waals surface area contributed by atoms with Crippen LogP contribution in [0.1, 0.15) is 48.9 Å². The fourth-order valence-corrected chi connectivity index (χ4v) is 11.4. The van der Waals surface area contributed by atoms with E-state index in [0.717, 1.165) is 33.7 Å². The Bertz CT molecular complexity index is 3870. The molecule has 2 aliphatic rings. The molecule has 0 amide bonds. The highest BCUT2D eigenvalue weighted by Crippen LogP contribution is 2.55. The van der Waals surface area contributed by atoms with Crippen LogP contribution in [0, 0.1) is 22.7 Å². The molecule has 5 aromatic carbocycles. The van der Waals surface area contributed by atoms with Crippen molar-refractivity contribution in [1.29, 1.82) is 10.5 Å². The zero-order valence-electron chi connectivity index (χ0n) is 49.3. The van der Waals surface area contributed by atoms with Crippen LogP contribution in [-0.4, -0.2) is 128 Å². The number of hydrogen-bond acceptors (Lipinski definition) is 23. The first-order chi connectivity index (χ1) is 44.1. The van der Waals surface area contributed by atoms with E-state index in [1.54, 1.807) is 109 Å². The summed E-state index contributed by atoms with van der Waals surface area (Å²) in [5, 5.41) is 19.2. The third-order valence-corrected chi connectivity index (χ3v) is 15.7. The van der Waals surface area contributed by atoms with Crippen LogP contribution < -0.4 is 41.4 Å². The quantitative estimate of drug-likeness (QED) is 0.0166. The van der Waals surface area contributed by atoms with E-state index in [4.69, 9.17) is 65.7 Å². The van der Waals surface area contributed by atoms with E-state index in [0.29, 0.717) is 28.2 Å². The summed E-state index contributed by atoms with van der Waals surface area (Å²) in [7, 11) is -2.28. The van der Waals surface area contributed by atoms with Gasteiger partial charge in [0.05, 0.1) is 65.6 Å². The summed E-state index contributed by atoms with van der Waals surface area (Å²) in [6, 6.07) is 45.6. The Labute approximate surface area is 519 Å². The van der Waals surface area contributed by atoms with Gasteiger partial charge in [-0.2, -0.15) is 10.5 Å². The zero-order chi connectivity index (χ0) is 64.3. The standard InChI is InChI=1S/C63H63N6O21P/c1-41(79-35-13-31-64)85-58-56(49(86-60(58)69-34-30-52(71)67-62(69)75)37-82-63(42-15-7-4-8-16-42,43-21-25-45(77-2)26-22-43)44-23-27-46(78-3)28-24-44)90-91(76,83-36-14-32-65)84-38-50-55(88-53(72)39-80-47-17-9-5-10-18-47)57(59(87-50)68-33-29-51(70)66-61(68)74)89-54(73)40-81-48-19-11-6-12-20-48/h4-12,15-30,33-34,41,49-50,55-60H,13-14,35-40H2,1-3H3,(H,66,70,74)(H,67,71,75)/t41?,49-,50-,55-,56-,57-,58-,59-,60-,91?/m1/s1. The Morgan fingerprint density at radius 2 is 1.03 bits per heavy atom. The lowest BCUT2D eigenvalue weighted by Gasteiger charge is -2.37. The molecular weight excluding hydrogens is 1210 g/mol. The molecule has 91 heavy (non-hydrogen) atoms. The van der Waals surface area contributed by atoms with E-state index in [1.165, 1.54) is 21.1 Å². The topological polar surface area (TPSA) is 338 Å². The van der Waals surface area contributed by atoms with Gasteiger partial charge in [-0.15, -0.1) is 0 Å². The van der Waals surface area contributed by atoms with Gasteiger partial charge in [-0.05, 0) is 72.1 Å². The highest BCUT2D eigenvalue weighted by molar-refractivity contribution is 7.48. The number of nitriles is 2. The summed E-state index contributed by atoms with van der Waals surface area (Å²) < 4.78 is 104. The highest BCUT2D eigenvalue weighted by Gasteiger charge is 2.55. The largest absolute Gasteiger partial charge is 0.497 e. The zero-order valence-corrected chi connectivity index (χ0v) is 50.1. The second-order valence-electron chi connectivity index (χ2n) is 20.1. The summed E-state index contributed by atoms with van der Waals surface area (Å²) in [4.78, 5) is 84.6. The van der Waals surface area contributed by atoms with Crippen LogP contribution in [0.3, 0.4) is 0 Å². The minimum atomic E-state index is -5.32. The second-order valence-corrected chi connectivity index (χ2v) is 21.7. The van der Waals surface area contributed by atoms with Crippen molar-refractivity contribution >= 4 is 19.8 Å². The highest BCUT2D eigenvalue weighted by atomic mass is 31.2. The molecule has 0 spiro atoms. The van der Waals surface area contributed by atoms with Gasteiger partial charge in [-0.1, -0.05) is 91.0 Å². The van der Waals surface area contributed by atoms with Gasteiger partial charge in [0.2, 0.25) is 0 Å². The Balaban J connectivity index is 1.13. The maximum absolute atomic E-state index is 15.9. The van der Waals surface area contributed by atoms with E-state index in [1.807, 2.05) is 42.5 Å². The van der Waals surface area contributed by atoms with Gasteiger partial charge in [-0.3, -0.25) is 42.3 Å². The van der Waals surface area contributed by atoms with Gasteiger partial charge in [-0.25, -0.2) is 23.7 Å². The van der Waals surface area contributed by atoms with Gasteiger partial charge in [0.15, 0.2) is 44.2 Å². The number of benzene rings is 5. The molecular formula is C63H63N6O21P. The molecule has 2 fully saturated rings. The van der Waals surface area contributed by atoms with Crippen molar-refractivity contribution < 1.29 is 79.8 Å². The Morgan fingerprint density at radius 1 is 0.571 bits per heavy atom. The number of ether oxygens (including phenoxy) is 11. The van der Waals surface area contributed by atoms with Gasteiger partial charge >= 0.3 is 31.1 Å². The molecule has 476 valence electrons. The summed E-state index contributed by atoms with van der Waals surface area (Å²) in [6.07, 6.45) is -13.0. The summed E-state index contributed by atoms with van der Waals surface area (Å²) in [5.74, 6) is -0.494. The van der Waals surface area contributed by atoms with Gasteiger partial charge in [0.25, 0.3) is 11.1 Å². The molecule has 2 aliphatic heterocycles. The predicted molar refractivity (Wildman–Crippen MR) is 317 cm³/mol. The van der Waals surface area contributed by atoms with Crippen molar-refractivity contribution in [3.63, 3.8) is 0 Å². The van der Waals surface area contributed by atoms with Crippen LogP contribution in [0.15, 0.2) is 183 Å². The number of nitrogens with zero attached hydrogens (tertiary/aromatic N) is 4. The molecule has 9 rings (SSSR count). The normalized spacial score (nSPS) is 20.5. The lowest BCUT2D eigenvalue weighted by atomic mass is 9.80. The van der Waals surface area contributed by atoms with Gasteiger partial charge in [0.1, 0.15) is 53.0 Å². The first-order valence-electron chi connectivity index (χ1n) is 28.4. The average Bonchev–Trinajstić information content (AvgIpc) is 1.71. The van der Waals surface area contributed by atoms with Gasteiger partial charge in [0, 0.05) is 24.5 Å². The predicted octanol–water partition coefficient (Wildman–Crippen LogP) is 5.99. The Kier molecular flexibility index (Phi) is 22.7. The van der Waals surface area contributed by atoms with E-state index < -0.39 is 143 Å². The second kappa shape index (κ2) is 31.3. The third-order valence-electron chi connectivity index (χ3n) is 14.2. The van der Waals surface area contributed by atoms with E-state index in [-0.39, 0.29) is 24.5 Å². The molecule has 0 saturated carbocycles. The molecule has 2 unspecified atom stereocenters. The molecule has 0 aliphatic carbocycles. The van der Waals surface area contributed by atoms with Crippen molar-refractivity contribution in [3.05, 3.63) is 222 Å². The number of hydrogen-bond donors (Lipinski definition) is 2. The van der Waals surface area contributed by atoms with Crippen LogP contribution in [-0.2, 0) is 66.5 Å². The monoisotopic (exact) mass is 1270 g/mol. The molecule has 4 heterocycles. The number of phosphoric ester groups is 1. The lowest BCUT2D eigenvalue weighted by Crippen LogP contribution is -2.44. The summed E-state index contributed by atoms with van der Waals surface area (Å²) in [5.41, 5.74) is -3.40. The van der Waals surface area contributed by atoms with E-state index >= 15 is 4.57 Å². The first kappa shape index (κ1) is 65.9. The molecule has 27 nitrogen and oxygen atoms in total. The molecule has 2 aromatic heterocycles. The van der Waals surface area contributed by atoms with Crippen molar-refractivity contribution in [2.45, 2.75) is 80.7 Å². The summed E-state index contributed by atoms with van der Waals surface area (Å²) >= 11 is 0. The third kappa shape index (κ3) is 16.7. The lowest BCUT2D eigenvalue weighted by molar-refractivity contribution is -0.192. The number of esters is 2. The number of para-hydroxylation sites is 2. The minimum Gasteiger partial charge on any atom is -0.497 e. The number of phosphoric acid groups is 1. The molecule has 28 heteroatoms. The molecule has 2 N–H and O–H groups in total. The van der Waals surface area contributed by atoms with Gasteiger partial charge < -0.3 is 52.1 Å². The fraction of sp³-hybridized carbons (Fsp3) is 0.333. The Hall–Kier alpha value is -9.51. The minimum absolute atomic E-state index is 0.0685. The number of nitrogens with one attached hydrogen (secondary N) is 2. The number of aromatic nitrogens is 4. The van der Waals surface area contributed by atoms with Crippen molar-refractivity contribution in [3.8, 4) is 35.1 Å².